The highest BCUT2D eigenvalue weighted by molar-refractivity contribution is 5.49. The Kier molecular flexibility index (Phi) is 2.05. The number of aromatic nitrogens is 1. The number of hydrogen-bond donors (Lipinski definition) is 1. The van der Waals surface area contributed by atoms with Crippen LogP contribution in [-0.2, 0) is 0 Å². The Bertz CT molecular complexity index is 380. The second-order valence-corrected chi connectivity index (χ2v) is 2.10. The van der Waals surface area contributed by atoms with Gasteiger partial charge in [0.2, 0.25) is 0 Å². The van der Waals surface area contributed by atoms with Gasteiger partial charge in [-0.25, -0.2) is 0 Å². The number of nitrogens with zero attached hydrogens (tertiary/aromatic N) is 1. The van der Waals surface area contributed by atoms with Gasteiger partial charge in [0, 0.05) is 11.6 Å². The smallest absolute Gasteiger partial charge is 0.286 e. The van der Waals surface area contributed by atoms with Gasteiger partial charge < -0.3 is 4.98 Å². The van der Waals surface area contributed by atoms with Crippen LogP contribution in [0.25, 0.3) is 6.08 Å². The maximum atomic E-state index is 10.9. The van der Waals surface area contributed by atoms with Gasteiger partial charge in [0.1, 0.15) is 0 Å². The van der Waals surface area contributed by atoms with E-state index in [0.717, 1.165) is 6.20 Å². The molecule has 1 aromatic heterocycles. The number of H-pyrrole nitrogens is 1. The van der Waals surface area contributed by atoms with Crippen LogP contribution in [0.15, 0.2) is 23.6 Å². The molecule has 5 heteroatoms. The molecule has 0 spiro atoms. The molecule has 0 aliphatic rings. The zero-order valence-corrected chi connectivity index (χ0v) is 6.11. The Morgan fingerprint density at radius 3 is 2.83 bits per heavy atom. The van der Waals surface area contributed by atoms with Crippen molar-refractivity contribution >= 4 is 11.8 Å². The highest BCUT2D eigenvalue weighted by Crippen LogP contribution is 2.08. The summed E-state index contributed by atoms with van der Waals surface area (Å²) < 4.78 is 0. The SMILES string of the molecule is C=Cc1cc([N+](=O)[O-])c[nH]c1=O. The van der Waals surface area contributed by atoms with Gasteiger partial charge in [0.25, 0.3) is 11.2 Å². The van der Waals surface area contributed by atoms with Crippen LogP contribution in [0.2, 0.25) is 0 Å². The summed E-state index contributed by atoms with van der Waals surface area (Å²) in [5.41, 5.74) is -0.329. The largest absolute Gasteiger partial charge is 0.322 e. The van der Waals surface area contributed by atoms with Crippen molar-refractivity contribution in [2.24, 2.45) is 0 Å². The molecule has 0 bridgehead atoms. The van der Waals surface area contributed by atoms with E-state index in [0.29, 0.717) is 0 Å². The summed E-state index contributed by atoms with van der Waals surface area (Å²) in [5.74, 6) is 0. The van der Waals surface area contributed by atoms with E-state index in [4.69, 9.17) is 0 Å². The third-order valence-electron chi connectivity index (χ3n) is 1.35. The number of nitro groups is 1. The van der Waals surface area contributed by atoms with Crippen LogP contribution in [0.4, 0.5) is 5.69 Å². The second kappa shape index (κ2) is 3.00. The van der Waals surface area contributed by atoms with Crippen LogP contribution in [-0.4, -0.2) is 9.91 Å². The Morgan fingerprint density at radius 1 is 1.67 bits per heavy atom. The Hall–Kier alpha value is -1.91. The maximum absolute atomic E-state index is 10.9. The molecule has 5 nitrogen and oxygen atoms in total. The number of aromatic amines is 1. The average molecular weight is 166 g/mol. The highest BCUT2D eigenvalue weighted by atomic mass is 16.6. The van der Waals surface area contributed by atoms with Gasteiger partial charge in [-0.05, 0) is 0 Å². The Morgan fingerprint density at radius 2 is 2.33 bits per heavy atom. The van der Waals surface area contributed by atoms with Gasteiger partial charge in [-0.15, -0.1) is 0 Å². The van der Waals surface area contributed by atoms with Crippen molar-refractivity contribution in [1.82, 2.24) is 4.98 Å². The van der Waals surface area contributed by atoms with E-state index in [1.807, 2.05) is 0 Å². The third kappa shape index (κ3) is 1.39. The summed E-state index contributed by atoms with van der Waals surface area (Å²) in [6.07, 6.45) is 2.32. The van der Waals surface area contributed by atoms with Crippen molar-refractivity contribution < 1.29 is 4.92 Å². The minimum absolute atomic E-state index is 0.149. The van der Waals surface area contributed by atoms with Gasteiger partial charge in [-0.3, -0.25) is 14.9 Å². The molecule has 0 amide bonds. The quantitative estimate of drug-likeness (QED) is 0.524. The van der Waals surface area contributed by atoms with E-state index in [-0.39, 0.29) is 16.8 Å². The Labute approximate surface area is 67.5 Å². The van der Waals surface area contributed by atoms with Crippen molar-refractivity contribution in [2.75, 3.05) is 0 Å². The molecule has 1 N–H and O–H groups in total. The maximum Gasteiger partial charge on any atom is 0.286 e. The lowest BCUT2D eigenvalue weighted by Gasteiger charge is -1.91. The first-order valence-corrected chi connectivity index (χ1v) is 3.14. The third-order valence-corrected chi connectivity index (χ3v) is 1.35. The Balaban J connectivity index is 3.32. The van der Waals surface area contributed by atoms with Gasteiger partial charge in [0.15, 0.2) is 0 Å². The summed E-state index contributed by atoms with van der Waals surface area (Å²) in [4.78, 5) is 22.8. The molecule has 0 fully saturated rings. The predicted molar refractivity (Wildman–Crippen MR) is 43.8 cm³/mol. The average Bonchev–Trinajstić information content (AvgIpc) is 2.05. The minimum atomic E-state index is -0.580. The van der Waals surface area contributed by atoms with Crippen LogP contribution >= 0.6 is 0 Å². The molecule has 0 aliphatic carbocycles. The molecule has 0 unspecified atom stereocenters. The van der Waals surface area contributed by atoms with Crippen molar-refractivity contribution in [3.8, 4) is 0 Å². The monoisotopic (exact) mass is 166 g/mol. The lowest BCUT2D eigenvalue weighted by atomic mass is 10.2. The van der Waals surface area contributed by atoms with E-state index in [1.54, 1.807) is 0 Å². The van der Waals surface area contributed by atoms with Gasteiger partial charge in [0.05, 0.1) is 11.1 Å². The summed E-state index contributed by atoms with van der Waals surface area (Å²) in [6.45, 7) is 3.35. The molecule has 1 heterocycles. The fraction of sp³-hybridized carbons (Fsp3) is 0. The second-order valence-electron chi connectivity index (χ2n) is 2.10. The number of rotatable bonds is 2. The van der Waals surface area contributed by atoms with Crippen LogP contribution < -0.4 is 5.56 Å². The molecule has 0 saturated heterocycles. The first-order valence-electron chi connectivity index (χ1n) is 3.14. The minimum Gasteiger partial charge on any atom is -0.322 e. The van der Waals surface area contributed by atoms with E-state index < -0.39 is 4.92 Å². The first-order chi connectivity index (χ1) is 5.65. The number of pyridine rings is 1. The van der Waals surface area contributed by atoms with Gasteiger partial charge in [-0.2, -0.15) is 0 Å². The van der Waals surface area contributed by atoms with E-state index in [9.17, 15) is 14.9 Å². The van der Waals surface area contributed by atoms with Crippen molar-refractivity contribution in [2.45, 2.75) is 0 Å². The molecule has 12 heavy (non-hydrogen) atoms. The molecule has 0 aliphatic heterocycles. The predicted octanol–water partition coefficient (Wildman–Crippen LogP) is 0.926. The number of nitrogens with one attached hydrogen (secondary N) is 1. The van der Waals surface area contributed by atoms with Crippen molar-refractivity contribution in [3.63, 3.8) is 0 Å². The normalized spacial score (nSPS) is 9.33. The van der Waals surface area contributed by atoms with Crippen LogP contribution in [0.1, 0.15) is 5.56 Å². The molecule has 1 rings (SSSR count). The van der Waals surface area contributed by atoms with E-state index in [2.05, 4.69) is 11.6 Å². The lowest BCUT2D eigenvalue weighted by molar-refractivity contribution is -0.385. The molecule has 62 valence electrons. The molecule has 0 radical (unpaired) electrons. The topological polar surface area (TPSA) is 76.0 Å². The van der Waals surface area contributed by atoms with E-state index >= 15 is 0 Å². The zero-order valence-electron chi connectivity index (χ0n) is 6.11. The van der Waals surface area contributed by atoms with Crippen LogP contribution in [0, 0.1) is 10.1 Å². The standard InChI is InChI=1S/C7H6N2O3/c1-2-5-3-6(9(11)12)4-8-7(5)10/h2-4H,1H2,(H,8,10). The summed E-state index contributed by atoms with van der Waals surface area (Å²) >= 11 is 0. The van der Waals surface area contributed by atoms with Gasteiger partial charge >= 0.3 is 0 Å². The summed E-state index contributed by atoms with van der Waals surface area (Å²) in [5, 5.41) is 10.2. The molecular formula is C7H6N2O3. The highest BCUT2D eigenvalue weighted by Gasteiger charge is 2.06. The van der Waals surface area contributed by atoms with Crippen molar-refractivity contribution in [1.29, 1.82) is 0 Å². The molecule has 0 atom stereocenters. The fourth-order valence-electron chi connectivity index (χ4n) is 0.746. The lowest BCUT2D eigenvalue weighted by Crippen LogP contribution is -2.08. The summed E-state index contributed by atoms with van der Waals surface area (Å²) in [6, 6.07) is 1.17. The zero-order chi connectivity index (χ0) is 9.14. The van der Waals surface area contributed by atoms with Gasteiger partial charge in [-0.1, -0.05) is 12.7 Å². The summed E-state index contributed by atoms with van der Waals surface area (Å²) in [7, 11) is 0. The van der Waals surface area contributed by atoms with Crippen LogP contribution in [0.3, 0.4) is 0 Å². The molecule has 1 aromatic rings. The van der Waals surface area contributed by atoms with Crippen molar-refractivity contribution in [3.05, 3.63) is 44.9 Å². The molecule has 0 saturated carbocycles. The number of hydrogen-bond acceptors (Lipinski definition) is 3. The molecular weight excluding hydrogens is 160 g/mol. The first kappa shape index (κ1) is 8.19. The van der Waals surface area contributed by atoms with Crippen LogP contribution in [0.5, 0.6) is 0 Å². The van der Waals surface area contributed by atoms with E-state index in [1.165, 1.54) is 12.1 Å². The molecule has 0 aromatic carbocycles. The fourth-order valence-corrected chi connectivity index (χ4v) is 0.746.